The molecule has 18 heavy (non-hydrogen) atoms. The van der Waals surface area contributed by atoms with Gasteiger partial charge in [-0.2, -0.15) is 10.2 Å². The van der Waals surface area contributed by atoms with Crippen molar-refractivity contribution in [2.75, 3.05) is 5.43 Å². The molecule has 0 aliphatic rings. The van der Waals surface area contributed by atoms with Crippen molar-refractivity contribution in [3.63, 3.8) is 0 Å². The second-order valence-corrected chi connectivity index (χ2v) is 4.08. The van der Waals surface area contributed by atoms with Crippen molar-refractivity contribution in [2.45, 2.75) is 13.8 Å². The van der Waals surface area contributed by atoms with Crippen molar-refractivity contribution in [3.8, 4) is 0 Å². The van der Waals surface area contributed by atoms with Crippen LogP contribution < -0.4 is 5.43 Å². The Kier molecular flexibility index (Phi) is 3.41. The number of nitrogens with zero attached hydrogens (tertiary/aromatic N) is 3. The summed E-state index contributed by atoms with van der Waals surface area (Å²) < 4.78 is 14.5. The second-order valence-electron chi connectivity index (χ2n) is 4.08. The highest BCUT2D eigenvalue weighted by Crippen LogP contribution is 2.10. The minimum absolute atomic E-state index is 0.261. The first-order valence-electron chi connectivity index (χ1n) is 5.63. The van der Waals surface area contributed by atoms with Gasteiger partial charge >= 0.3 is 0 Å². The Labute approximate surface area is 105 Å². The summed E-state index contributed by atoms with van der Waals surface area (Å²) in [6.07, 6.45) is 1.72. The molecule has 0 aliphatic carbocycles. The minimum Gasteiger partial charge on any atom is -0.278 e. The van der Waals surface area contributed by atoms with Crippen LogP contribution in [0.4, 0.5) is 10.1 Å². The van der Waals surface area contributed by atoms with E-state index in [0.29, 0.717) is 0 Å². The molecule has 1 N–H and O–H groups in total. The third-order valence-electron chi connectivity index (χ3n) is 2.80. The van der Waals surface area contributed by atoms with Gasteiger partial charge in [0.2, 0.25) is 0 Å². The summed E-state index contributed by atoms with van der Waals surface area (Å²) >= 11 is 0. The highest BCUT2D eigenvalue weighted by atomic mass is 19.1. The molecular weight excluding hydrogens is 231 g/mol. The highest BCUT2D eigenvalue weighted by Gasteiger charge is 2.05. The van der Waals surface area contributed by atoms with E-state index >= 15 is 0 Å². The molecule has 1 aromatic carbocycles. The summed E-state index contributed by atoms with van der Waals surface area (Å²) in [5, 5.41) is 8.42. The topological polar surface area (TPSA) is 42.2 Å². The van der Waals surface area contributed by atoms with Crippen molar-refractivity contribution < 1.29 is 4.39 Å². The van der Waals surface area contributed by atoms with E-state index in [-0.39, 0.29) is 5.82 Å². The minimum atomic E-state index is -0.261. The van der Waals surface area contributed by atoms with Gasteiger partial charge in [0.15, 0.2) is 0 Å². The average molecular weight is 246 g/mol. The Balaban J connectivity index is 2.10. The number of rotatable bonds is 3. The van der Waals surface area contributed by atoms with Crippen LogP contribution in [0.15, 0.2) is 29.4 Å². The Morgan fingerprint density at radius 3 is 2.50 bits per heavy atom. The molecule has 0 saturated carbocycles. The van der Waals surface area contributed by atoms with Crippen LogP contribution in [0.2, 0.25) is 0 Å². The normalized spacial score (nSPS) is 11.1. The van der Waals surface area contributed by atoms with Gasteiger partial charge in [-0.05, 0) is 38.1 Å². The van der Waals surface area contributed by atoms with Crippen molar-refractivity contribution in [2.24, 2.45) is 12.1 Å². The van der Waals surface area contributed by atoms with Gasteiger partial charge in [0, 0.05) is 18.3 Å². The van der Waals surface area contributed by atoms with Crippen molar-refractivity contribution in [1.29, 1.82) is 0 Å². The lowest BCUT2D eigenvalue weighted by atomic mass is 10.2. The third-order valence-corrected chi connectivity index (χ3v) is 2.80. The van der Waals surface area contributed by atoms with Crippen molar-refractivity contribution in [3.05, 3.63) is 47.0 Å². The number of hydrogen-bond acceptors (Lipinski definition) is 3. The third kappa shape index (κ3) is 2.56. The van der Waals surface area contributed by atoms with Crippen LogP contribution in [0.5, 0.6) is 0 Å². The number of hydrogen-bond donors (Lipinski definition) is 1. The van der Waals surface area contributed by atoms with Crippen LogP contribution >= 0.6 is 0 Å². The van der Waals surface area contributed by atoms with Crippen LogP contribution in [0, 0.1) is 19.7 Å². The number of halogens is 1. The molecule has 2 rings (SSSR count). The van der Waals surface area contributed by atoms with Gasteiger partial charge in [-0.3, -0.25) is 10.1 Å². The van der Waals surface area contributed by atoms with Gasteiger partial charge in [-0.15, -0.1) is 0 Å². The summed E-state index contributed by atoms with van der Waals surface area (Å²) in [6, 6.07) is 6.04. The molecule has 2 aromatic rings. The van der Waals surface area contributed by atoms with E-state index in [0.717, 1.165) is 22.6 Å². The molecular formula is C13H15FN4. The number of benzene rings is 1. The van der Waals surface area contributed by atoms with E-state index in [1.165, 1.54) is 12.1 Å². The Hall–Kier alpha value is -2.17. The molecule has 0 radical (unpaired) electrons. The Morgan fingerprint density at radius 1 is 1.28 bits per heavy atom. The van der Waals surface area contributed by atoms with Crippen molar-refractivity contribution >= 4 is 11.9 Å². The number of hydrazone groups is 1. The molecule has 0 bridgehead atoms. The molecule has 0 saturated heterocycles. The number of aromatic nitrogens is 2. The molecule has 94 valence electrons. The first kappa shape index (κ1) is 12.3. The van der Waals surface area contributed by atoms with E-state index < -0.39 is 0 Å². The van der Waals surface area contributed by atoms with E-state index in [2.05, 4.69) is 15.6 Å². The predicted molar refractivity (Wildman–Crippen MR) is 70.3 cm³/mol. The number of anilines is 1. The molecule has 0 spiro atoms. The van der Waals surface area contributed by atoms with Gasteiger partial charge in [0.05, 0.1) is 17.6 Å². The van der Waals surface area contributed by atoms with Gasteiger partial charge in [-0.1, -0.05) is 0 Å². The fourth-order valence-electron chi connectivity index (χ4n) is 1.67. The van der Waals surface area contributed by atoms with Crippen LogP contribution in [-0.4, -0.2) is 16.0 Å². The second kappa shape index (κ2) is 5.00. The van der Waals surface area contributed by atoms with E-state index in [9.17, 15) is 4.39 Å². The SMILES string of the molecule is Cc1nn(C)c(C)c1/C=N\Nc1ccc(F)cc1. The zero-order valence-corrected chi connectivity index (χ0v) is 10.6. The lowest BCUT2D eigenvalue weighted by Gasteiger charge is -1.99. The van der Waals surface area contributed by atoms with Gasteiger partial charge < -0.3 is 0 Å². The lowest BCUT2D eigenvalue weighted by Crippen LogP contribution is -1.95. The van der Waals surface area contributed by atoms with Crippen LogP contribution in [0.3, 0.4) is 0 Å². The maximum Gasteiger partial charge on any atom is 0.123 e. The monoisotopic (exact) mass is 246 g/mol. The summed E-state index contributed by atoms with van der Waals surface area (Å²) in [4.78, 5) is 0. The molecule has 1 heterocycles. The molecule has 0 fully saturated rings. The van der Waals surface area contributed by atoms with E-state index in [1.54, 1.807) is 18.3 Å². The summed E-state index contributed by atoms with van der Waals surface area (Å²) in [5.74, 6) is -0.261. The zero-order chi connectivity index (χ0) is 13.1. The number of nitrogens with one attached hydrogen (secondary N) is 1. The molecule has 0 amide bonds. The van der Waals surface area contributed by atoms with E-state index in [4.69, 9.17) is 0 Å². The highest BCUT2D eigenvalue weighted by molar-refractivity contribution is 5.83. The van der Waals surface area contributed by atoms with Crippen LogP contribution in [0.1, 0.15) is 17.0 Å². The largest absolute Gasteiger partial charge is 0.278 e. The standard InChI is InChI=1S/C13H15FN4/c1-9-13(10(2)18(3)17-9)8-15-16-12-6-4-11(14)5-7-12/h4-8,16H,1-3H3/b15-8-. The molecule has 1 aromatic heterocycles. The Bertz CT molecular complexity index is 569. The fourth-order valence-corrected chi connectivity index (χ4v) is 1.67. The smallest absolute Gasteiger partial charge is 0.123 e. The molecule has 0 aliphatic heterocycles. The van der Waals surface area contributed by atoms with E-state index in [1.807, 2.05) is 25.6 Å². The van der Waals surface area contributed by atoms with Gasteiger partial charge in [0.25, 0.3) is 0 Å². The first-order chi connectivity index (χ1) is 8.58. The maximum atomic E-state index is 12.7. The molecule has 0 atom stereocenters. The van der Waals surface area contributed by atoms with Crippen LogP contribution in [-0.2, 0) is 7.05 Å². The molecule has 4 nitrogen and oxygen atoms in total. The van der Waals surface area contributed by atoms with Gasteiger partial charge in [0.1, 0.15) is 5.82 Å². The molecule has 0 unspecified atom stereocenters. The van der Waals surface area contributed by atoms with Crippen molar-refractivity contribution in [1.82, 2.24) is 9.78 Å². The predicted octanol–water partition coefficient (Wildman–Crippen LogP) is 2.62. The summed E-state index contributed by atoms with van der Waals surface area (Å²) in [5.41, 5.74) is 6.57. The summed E-state index contributed by atoms with van der Waals surface area (Å²) in [7, 11) is 1.90. The Morgan fingerprint density at radius 2 is 1.94 bits per heavy atom. The maximum absolute atomic E-state index is 12.7. The van der Waals surface area contributed by atoms with Crippen LogP contribution in [0.25, 0.3) is 0 Å². The summed E-state index contributed by atoms with van der Waals surface area (Å²) in [6.45, 7) is 3.92. The lowest BCUT2D eigenvalue weighted by molar-refractivity contribution is 0.628. The first-order valence-corrected chi connectivity index (χ1v) is 5.63. The number of aryl methyl sites for hydroxylation is 2. The van der Waals surface area contributed by atoms with Gasteiger partial charge in [-0.25, -0.2) is 4.39 Å². The molecule has 5 heteroatoms. The fraction of sp³-hybridized carbons (Fsp3) is 0.231. The zero-order valence-electron chi connectivity index (χ0n) is 10.6. The quantitative estimate of drug-likeness (QED) is 0.668. The average Bonchev–Trinajstić information content (AvgIpc) is 2.58.